The van der Waals surface area contributed by atoms with E-state index in [1.807, 2.05) is 13.8 Å². The first-order valence-corrected chi connectivity index (χ1v) is 7.82. The summed E-state index contributed by atoms with van der Waals surface area (Å²) < 4.78 is 26.2. The minimum atomic E-state index is -3.54. The van der Waals surface area contributed by atoms with Gasteiger partial charge < -0.3 is 10.8 Å². The van der Waals surface area contributed by atoms with Gasteiger partial charge in [-0.15, -0.1) is 0 Å². The largest absolute Gasteiger partial charge is 0.395 e. The van der Waals surface area contributed by atoms with Crippen LogP contribution in [-0.4, -0.2) is 37.5 Å². The molecule has 0 fully saturated rings. The second-order valence-corrected chi connectivity index (χ2v) is 6.36. The number of rotatable bonds is 7. The van der Waals surface area contributed by atoms with Crippen molar-refractivity contribution in [3.05, 3.63) is 29.3 Å². The number of nitrogens with zero attached hydrogens (tertiary/aromatic N) is 1. The predicted octanol–water partition coefficient (Wildman–Crippen LogP) is 0.847. The number of hydrogen-bond donors (Lipinski definition) is 2. The summed E-state index contributed by atoms with van der Waals surface area (Å²) in [5.41, 5.74) is 7.37. The van der Waals surface area contributed by atoms with Crippen LogP contribution in [0.3, 0.4) is 0 Å². The van der Waals surface area contributed by atoms with Gasteiger partial charge in [0.1, 0.15) is 0 Å². The maximum absolute atomic E-state index is 12.4. The number of aliphatic hydroxyl groups excluding tert-OH is 1. The van der Waals surface area contributed by atoms with Gasteiger partial charge in [0.25, 0.3) is 0 Å². The van der Waals surface area contributed by atoms with E-state index >= 15 is 0 Å². The second kappa shape index (κ2) is 7.00. The van der Waals surface area contributed by atoms with Gasteiger partial charge in [-0.3, -0.25) is 0 Å². The third kappa shape index (κ3) is 3.76. The zero-order valence-electron chi connectivity index (χ0n) is 11.5. The fraction of sp³-hybridized carbons (Fsp3) is 0.538. The van der Waals surface area contributed by atoms with Crippen molar-refractivity contribution in [1.29, 1.82) is 0 Å². The first-order chi connectivity index (χ1) is 8.97. The molecule has 0 aliphatic carbocycles. The lowest BCUT2D eigenvalue weighted by Gasteiger charge is -2.21. The van der Waals surface area contributed by atoms with Crippen LogP contribution in [0.5, 0.6) is 0 Å². The van der Waals surface area contributed by atoms with Gasteiger partial charge in [-0.25, -0.2) is 8.42 Å². The Morgan fingerprint density at radius 3 is 2.47 bits per heavy atom. The van der Waals surface area contributed by atoms with E-state index in [1.165, 1.54) is 4.31 Å². The molecule has 3 N–H and O–H groups in total. The lowest BCUT2D eigenvalue weighted by atomic mass is 10.1. The summed E-state index contributed by atoms with van der Waals surface area (Å²) in [7, 11) is -3.54. The van der Waals surface area contributed by atoms with Crippen molar-refractivity contribution in [3.8, 4) is 0 Å². The molecule has 0 heterocycles. The van der Waals surface area contributed by atoms with E-state index in [4.69, 9.17) is 10.8 Å². The first kappa shape index (κ1) is 16.1. The molecule has 0 aromatic heterocycles. The zero-order chi connectivity index (χ0) is 14.5. The molecule has 6 heteroatoms. The van der Waals surface area contributed by atoms with Crippen molar-refractivity contribution in [1.82, 2.24) is 4.31 Å². The molecule has 0 aliphatic rings. The Morgan fingerprint density at radius 2 is 2.00 bits per heavy atom. The Morgan fingerprint density at radius 1 is 1.32 bits per heavy atom. The summed E-state index contributed by atoms with van der Waals surface area (Å²) in [6.07, 6.45) is 0.707. The van der Waals surface area contributed by atoms with Gasteiger partial charge >= 0.3 is 0 Å². The predicted molar refractivity (Wildman–Crippen MR) is 75.2 cm³/mol. The molecule has 19 heavy (non-hydrogen) atoms. The minimum absolute atomic E-state index is 0.119. The molecule has 5 nitrogen and oxygen atoms in total. The van der Waals surface area contributed by atoms with E-state index in [9.17, 15) is 8.42 Å². The van der Waals surface area contributed by atoms with Crippen LogP contribution in [-0.2, 0) is 16.6 Å². The molecule has 108 valence electrons. The van der Waals surface area contributed by atoms with Gasteiger partial charge in [-0.2, -0.15) is 4.31 Å². The Kier molecular flexibility index (Phi) is 5.93. The van der Waals surface area contributed by atoms with E-state index in [1.54, 1.807) is 18.2 Å². The summed E-state index contributed by atoms with van der Waals surface area (Å²) in [6.45, 7) is 4.48. The van der Waals surface area contributed by atoms with Crippen LogP contribution in [0.4, 0.5) is 0 Å². The molecule has 0 bridgehead atoms. The minimum Gasteiger partial charge on any atom is -0.395 e. The zero-order valence-corrected chi connectivity index (χ0v) is 12.3. The Balaban J connectivity index is 3.14. The molecular weight excluding hydrogens is 264 g/mol. The van der Waals surface area contributed by atoms with Gasteiger partial charge in [-0.1, -0.05) is 13.0 Å². The molecule has 0 aliphatic heterocycles. The Labute approximate surface area is 115 Å². The Hall–Kier alpha value is -0.950. The van der Waals surface area contributed by atoms with E-state index in [0.717, 1.165) is 11.1 Å². The van der Waals surface area contributed by atoms with E-state index in [0.29, 0.717) is 19.5 Å². The van der Waals surface area contributed by atoms with Crippen molar-refractivity contribution < 1.29 is 13.5 Å². The number of sulfonamides is 1. The van der Waals surface area contributed by atoms with Gasteiger partial charge in [0.05, 0.1) is 11.5 Å². The average Bonchev–Trinajstić information content (AvgIpc) is 2.38. The van der Waals surface area contributed by atoms with Crippen molar-refractivity contribution in [3.63, 3.8) is 0 Å². The molecule has 0 radical (unpaired) electrons. The van der Waals surface area contributed by atoms with Crippen LogP contribution >= 0.6 is 0 Å². The summed E-state index contributed by atoms with van der Waals surface area (Å²) >= 11 is 0. The summed E-state index contributed by atoms with van der Waals surface area (Å²) in [6, 6.07) is 4.95. The summed E-state index contributed by atoms with van der Waals surface area (Å²) in [4.78, 5) is 0.254. The average molecular weight is 286 g/mol. The molecule has 1 aromatic rings. The smallest absolute Gasteiger partial charge is 0.243 e. The second-order valence-electron chi connectivity index (χ2n) is 4.42. The SMILES string of the molecule is CCCN(CCO)S(=O)(=O)c1ccc(CN)c(C)c1. The molecule has 0 unspecified atom stereocenters. The van der Waals surface area contributed by atoms with E-state index < -0.39 is 10.0 Å². The first-order valence-electron chi connectivity index (χ1n) is 6.38. The number of aryl methyl sites for hydroxylation is 1. The highest BCUT2D eigenvalue weighted by molar-refractivity contribution is 7.89. The van der Waals surface area contributed by atoms with Gasteiger partial charge in [0.2, 0.25) is 10.0 Å². The monoisotopic (exact) mass is 286 g/mol. The van der Waals surface area contributed by atoms with Crippen molar-refractivity contribution in [2.75, 3.05) is 19.7 Å². The quantitative estimate of drug-likeness (QED) is 0.778. The molecule has 0 atom stereocenters. The topological polar surface area (TPSA) is 83.6 Å². The lowest BCUT2D eigenvalue weighted by molar-refractivity contribution is 0.253. The fourth-order valence-corrected chi connectivity index (χ4v) is 3.53. The van der Waals surface area contributed by atoms with Crippen molar-refractivity contribution in [2.45, 2.75) is 31.7 Å². The standard InChI is InChI=1S/C13H22N2O3S/c1-3-6-15(7-8-16)19(17,18)13-5-4-12(10-14)11(2)9-13/h4-5,9,16H,3,6-8,10,14H2,1-2H3. The number of aliphatic hydroxyl groups is 1. The van der Waals surface area contributed by atoms with Gasteiger partial charge in [0, 0.05) is 19.6 Å². The number of hydrogen-bond acceptors (Lipinski definition) is 4. The van der Waals surface area contributed by atoms with E-state index in [-0.39, 0.29) is 18.0 Å². The van der Waals surface area contributed by atoms with Gasteiger partial charge in [-0.05, 0) is 36.6 Å². The van der Waals surface area contributed by atoms with Crippen LogP contribution in [0.25, 0.3) is 0 Å². The maximum atomic E-state index is 12.4. The lowest BCUT2D eigenvalue weighted by Crippen LogP contribution is -2.34. The molecule has 0 saturated heterocycles. The summed E-state index contributed by atoms with van der Waals surface area (Å²) in [5, 5.41) is 8.99. The van der Waals surface area contributed by atoms with Crippen molar-refractivity contribution >= 4 is 10.0 Å². The van der Waals surface area contributed by atoms with Crippen molar-refractivity contribution in [2.24, 2.45) is 5.73 Å². The number of benzene rings is 1. The normalized spacial score (nSPS) is 12.1. The maximum Gasteiger partial charge on any atom is 0.243 e. The molecular formula is C13H22N2O3S. The Bertz CT molecular complexity index is 509. The molecule has 0 spiro atoms. The van der Waals surface area contributed by atoms with Crippen LogP contribution in [0.15, 0.2) is 23.1 Å². The third-order valence-electron chi connectivity index (χ3n) is 2.99. The van der Waals surface area contributed by atoms with Crippen LogP contribution in [0.2, 0.25) is 0 Å². The van der Waals surface area contributed by atoms with Crippen LogP contribution in [0.1, 0.15) is 24.5 Å². The highest BCUT2D eigenvalue weighted by atomic mass is 32.2. The molecule has 1 aromatic carbocycles. The highest BCUT2D eigenvalue weighted by Gasteiger charge is 2.23. The van der Waals surface area contributed by atoms with Gasteiger partial charge in [0.15, 0.2) is 0 Å². The molecule has 1 rings (SSSR count). The van der Waals surface area contributed by atoms with E-state index in [2.05, 4.69) is 0 Å². The molecule has 0 saturated carbocycles. The third-order valence-corrected chi connectivity index (χ3v) is 4.89. The molecule has 0 amide bonds. The summed E-state index contributed by atoms with van der Waals surface area (Å²) in [5.74, 6) is 0. The van der Waals surface area contributed by atoms with Crippen LogP contribution in [0, 0.1) is 6.92 Å². The highest BCUT2D eigenvalue weighted by Crippen LogP contribution is 2.19. The fourth-order valence-electron chi connectivity index (χ4n) is 1.92. The number of nitrogens with two attached hydrogens (primary N) is 1. The van der Waals surface area contributed by atoms with Crippen LogP contribution < -0.4 is 5.73 Å².